The molecular formula is C11H20N6O. The lowest BCUT2D eigenvalue weighted by atomic mass is 10.4. The Labute approximate surface area is 107 Å². The van der Waals surface area contributed by atoms with E-state index in [-0.39, 0.29) is 0 Å². The quantitative estimate of drug-likeness (QED) is 0.534. The van der Waals surface area contributed by atoms with Gasteiger partial charge >= 0.3 is 6.03 Å². The van der Waals surface area contributed by atoms with Gasteiger partial charge in [-0.3, -0.25) is 0 Å². The maximum Gasteiger partial charge on any atom is 0.312 e. The van der Waals surface area contributed by atoms with Crippen molar-refractivity contribution in [3.63, 3.8) is 0 Å². The van der Waals surface area contributed by atoms with Crippen LogP contribution in [0, 0.1) is 6.92 Å². The van der Waals surface area contributed by atoms with E-state index in [1.165, 1.54) is 0 Å². The SMILES string of the molecule is CCCNc1nc(C)cc(NCCNC(N)=O)n1. The van der Waals surface area contributed by atoms with Crippen molar-refractivity contribution in [1.29, 1.82) is 0 Å². The second kappa shape index (κ2) is 7.31. The number of anilines is 2. The van der Waals surface area contributed by atoms with Crippen molar-refractivity contribution in [3.8, 4) is 0 Å². The van der Waals surface area contributed by atoms with Crippen molar-refractivity contribution in [3.05, 3.63) is 11.8 Å². The van der Waals surface area contributed by atoms with Gasteiger partial charge in [0, 0.05) is 31.4 Å². The first-order valence-corrected chi connectivity index (χ1v) is 5.98. The average Bonchev–Trinajstić information content (AvgIpc) is 2.31. The molecule has 2 amide bonds. The van der Waals surface area contributed by atoms with E-state index in [1.54, 1.807) is 0 Å². The Morgan fingerprint density at radius 1 is 1.28 bits per heavy atom. The Hall–Kier alpha value is -2.05. The molecule has 5 N–H and O–H groups in total. The van der Waals surface area contributed by atoms with Gasteiger partial charge in [0.1, 0.15) is 5.82 Å². The van der Waals surface area contributed by atoms with Crippen molar-refractivity contribution in [2.75, 3.05) is 30.3 Å². The maximum absolute atomic E-state index is 10.5. The molecule has 7 nitrogen and oxygen atoms in total. The molecule has 1 rings (SSSR count). The number of aryl methyl sites for hydroxylation is 1. The molecule has 0 saturated carbocycles. The molecule has 18 heavy (non-hydrogen) atoms. The van der Waals surface area contributed by atoms with Gasteiger partial charge in [-0.15, -0.1) is 0 Å². The number of rotatable bonds is 7. The highest BCUT2D eigenvalue weighted by atomic mass is 16.2. The van der Waals surface area contributed by atoms with Gasteiger partial charge in [0.05, 0.1) is 0 Å². The lowest BCUT2D eigenvalue weighted by Gasteiger charge is -2.09. The molecule has 0 atom stereocenters. The first-order valence-electron chi connectivity index (χ1n) is 5.98. The summed E-state index contributed by atoms with van der Waals surface area (Å²) in [4.78, 5) is 19.1. The monoisotopic (exact) mass is 252 g/mol. The highest BCUT2D eigenvalue weighted by Crippen LogP contribution is 2.08. The second-order valence-electron chi connectivity index (χ2n) is 3.86. The van der Waals surface area contributed by atoms with Crippen LogP contribution in [0.2, 0.25) is 0 Å². The minimum Gasteiger partial charge on any atom is -0.368 e. The van der Waals surface area contributed by atoms with E-state index in [0.29, 0.717) is 19.0 Å². The third-order valence-electron chi connectivity index (χ3n) is 2.12. The molecule has 100 valence electrons. The predicted octanol–water partition coefficient (Wildman–Crippen LogP) is 0.687. The number of carbonyl (C=O) groups is 1. The molecule has 0 unspecified atom stereocenters. The molecule has 0 aromatic carbocycles. The number of urea groups is 1. The molecule has 0 radical (unpaired) electrons. The smallest absolute Gasteiger partial charge is 0.312 e. The van der Waals surface area contributed by atoms with Crippen LogP contribution in [0.25, 0.3) is 0 Å². The minimum absolute atomic E-state index is 0.454. The molecule has 0 bridgehead atoms. The topological polar surface area (TPSA) is 105 Å². The standard InChI is InChI=1S/C11H20N6O/c1-3-4-15-11-16-8(2)7-9(17-11)13-5-6-14-10(12)18/h7H,3-6H2,1-2H3,(H3,12,14,18)(H2,13,15,16,17). The summed E-state index contributed by atoms with van der Waals surface area (Å²) in [5.41, 5.74) is 5.84. The number of nitrogens with two attached hydrogens (primary N) is 1. The van der Waals surface area contributed by atoms with E-state index in [2.05, 4.69) is 32.8 Å². The van der Waals surface area contributed by atoms with Crippen LogP contribution in [0.1, 0.15) is 19.0 Å². The van der Waals surface area contributed by atoms with Crippen molar-refractivity contribution in [2.45, 2.75) is 20.3 Å². The Balaban J connectivity index is 2.48. The molecule has 1 heterocycles. The number of hydrogen-bond donors (Lipinski definition) is 4. The highest BCUT2D eigenvalue weighted by molar-refractivity contribution is 5.71. The van der Waals surface area contributed by atoms with Crippen LogP contribution in [-0.4, -0.2) is 35.6 Å². The minimum atomic E-state index is -0.527. The van der Waals surface area contributed by atoms with Crippen LogP contribution in [0.15, 0.2) is 6.07 Å². The lowest BCUT2D eigenvalue weighted by Crippen LogP contribution is -2.33. The first kappa shape index (κ1) is 14.0. The molecule has 0 saturated heterocycles. The van der Waals surface area contributed by atoms with Gasteiger partial charge in [-0.2, -0.15) is 4.98 Å². The highest BCUT2D eigenvalue weighted by Gasteiger charge is 2.01. The van der Waals surface area contributed by atoms with Crippen LogP contribution in [0.3, 0.4) is 0 Å². The fourth-order valence-electron chi connectivity index (χ4n) is 1.35. The number of nitrogens with zero attached hydrogens (tertiary/aromatic N) is 2. The summed E-state index contributed by atoms with van der Waals surface area (Å²) < 4.78 is 0. The summed E-state index contributed by atoms with van der Waals surface area (Å²) in [6, 6.07) is 1.32. The fraction of sp³-hybridized carbons (Fsp3) is 0.545. The van der Waals surface area contributed by atoms with Crippen LogP contribution >= 0.6 is 0 Å². The average molecular weight is 252 g/mol. The molecule has 7 heteroatoms. The largest absolute Gasteiger partial charge is 0.368 e. The Morgan fingerprint density at radius 2 is 2.06 bits per heavy atom. The van der Waals surface area contributed by atoms with Crippen LogP contribution in [-0.2, 0) is 0 Å². The van der Waals surface area contributed by atoms with Crippen molar-refractivity contribution < 1.29 is 4.79 Å². The van der Waals surface area contributed by atoms with E-state index in [4.69, 9.17) is 5.73 Å². The fourth-order valence-corrected chi connectivity index (χ4v) is 1.35. The number of carbonyl (C=O) groups excluding carboxylic acids is 1. The van der Waals surface area contributed by atoms with Crippen LogP contribution in [0.5, 0.6) is 0 Å². The molecule has 0 fully saturated rings. The van der Waals surface area contributed by atoms with Gasteiger partial charge in [0.15, 0.2) is 0 Å². The van der Waals surface area contributed by atoms with E-state index in [1.807, 2.05) is 13.0 Å². The molecule has 0 aliphatic rings. The molecule has 1 aromatic rings. The van der Waals surface area contributed by atoms with Gasteiger partial charge in [0.2, 0.25) is 5.95 Å². The summed E-state index contributed by atoms with van der Waals surface area (Å²) in [6.07, 6.45) is 1.02. The summed E-state index contributed by atoms with van der Waals surface area (Å²) in [6.45, 7) is 5.85. The summed E-state index contributed by atoms with van der Waals surface area (Å²) in [5, 5.41) is 8.73. The van der Waals surface area contributed by atoms with Gasteiger partial charge < -0.3 is 21.7 Å². The van der Waals surface area contributed by atoms with Crippen LogP contribution < -0.4 is 21.7 Å². The number of amides is 2. The molecule has 0 aliphatic carbocycles. The van der Waals surface area contributed by atoms with E-state index in [9.17, 15) is 4.79 Å². The number of aromatic nitrogens is 2. The van der Waals surface area contributed by atoms with E-state index >= 15 is 0 Å². The molecule has 0 spiro atoms. The third kappa shape index (κ3) is 5.33. The zero-order chi connectivity index (χ0) is 13.4. The van der Waals surface area contributed by atoms with E-state index < -0.39 is 6.03 Å². The van der Waals surface area contributed by atoms with Crippen molar-refractivity contribution in [2.24, 2.45) is 5.73 Å². The molecule has 0 aliphatic heterocycles. The summed E-state index contributed by atoms with van der Waals surface area (Å²) >= 11 is 0. The zero-order valence-corrected chi connectivity index (χ0v) is 10.8. The number of hydrogen-bond acceptors (Lipinski definition) is 5. The first-order chi connectivity index (χ1) is 8.61. The summed E-state index contributed by atoms with van der Waals surface area (Å²) in [7, 11) is 0. The van der Waals surface area contributed by atoms with E-state index in [0.717, 1.165) is 24.5 Å². The second-order valence-corrected chi connectivity index (χ2v) is 3.86. The zero-order valence-electron chi connectivity index (χ0n) is 10.8. The molecular weight excluding hydrogens is 232 g/mol. The molecule has 1 aromatic heterocycles. The van der Waals surface area contributed by atoms with Gasteiger partial charge in [-0.1, -0.05) is 6.92 Å². The van der Waals surface area contributed by atoms with Crippen molar-refractivity contribution in [1.82, 2.24) is 15.3 Å². The van der Waals surface area contributed by atoms with Gasteiger partial charge in [-0.05, 0) is 13.3 Å². The number of nitrogens with one attached hydrogen (secondary N) is 3. The summed E-state index contributed by atoms with van der Waals surface area (Å²) in [5.74, 6) is 1.34. The van der Waals surface area contributed by atoms with Crippen LogP contribution in [0.4, 0.5) is 16.6 Å². The maximum atomic E-state index is 10.5. The van der Waals surface area contributed by atoms with Gasteiger partial charge in [0.25, 0.3) is 0 Å². The Morgan fingerprint density at radius 3 is 2.72 bits per heavy atom. The lowest BCUT2D eigenvalue weighted by molar-refractivity contribution is 0.249. The Bertz CT molecular complexity index is 395. The Kier molecular flexibility index (Phi) is 5.69. The third-order valence-corrected chi connectivity index (χ3v) is 2.12. The number of primary amides is 1. The predicted molar refractivity (Wildman–Crippen MR) is 71.6 cm³/mol. The van der Waals surface area contributed by atoms with Gasteiger partial charge in [-0.25, -0.2) is 9.78 Å². The normalized spacial score (nSPS) is 9.89. The van der Waals surface area contributed by atoms with Crippen molar-refractivity contribution >= 4 is 17.8 Å².